The fraction of sp³-hybridized carbons (Fsp3) is 0.0500. The van der Waals surface area contributed by atoms with E-state index in [1.54, 1.807) is 41.8 Å². The monoisotopic (exact) mass is 380 g/mol. The first-order valence-electron chi connectivity index (χ1n) is 8.09. The minimum Gasteiger partial charge on any atom is -0.503 e. The van der Waals surface area contributed by atoms with Crippen molar-refractivity contribution in [2.45, 2.75) is 6.04 Å². The van der Waals surface area contributed by atoms with E-state index in [1.807, 2.05) is 0 Å². The van der Waals surface area contributed by atoms with Crippen molar-refractivity contribution in [1.29, 1.82) is 0 Å². The van der Waals surface area contributed by atoms with Gasteiger partial charge in [-0.05, 0) is 41.8 Å². The summed E-state index contributed by atoms with van der Waals surface area (Å²) in [5.74, 6) is -2.40. The van der Waals surface area contributed by atoms with Crippen LogP contribution in [0.1, 0.15) is 21.4 Å². The summed E-state index contributed by atoms with van der Waals surface area (Å²) in [6.07, 6.45) is 1.53. The molecule has 0 fully saturated rings. The van der Waals surface area contributed by atoms with Gasteiger partial charge >= 0.3 is 0 Å². The average Bonchev–Trinajstić information content (AvgIpc) is 3.30. The molecule has 0 bridgehead atoms. The standard InChI is InChI=1S/C20H13FN2O3S/c21-12-5-3-6-13(11-12)23-17(14-7-1-2-9-22-14)16(19(25)20(23)26)18(24)15-8-4-10-27-15/h1-11,17,25H. The number of aliphatic hydroxyl groups is 1. The molecule has 27 heavy (non-hydrogen) atoms. The maximum Gasteiger partial charge on any atom is 0.294 e. The summed E-state index contributed by atoms with van der Waals surface area (Å²) in [6, 6.07) is 12.9. The van der Waals surface area contributed by atoms with Crippen LogP contribution in [0.5, 0.6) is 0 Å². The lowest BCUT2D eigenvalue weighted by Crippen LogP contribution is -2.31. The van der Waals surface area contributed by atoms with Gasteiger partial charge in [-0.25, -0.2) is 4.39 Å². The molecule has 0 saturated heterocycles. The Morgan fingerprint density at radius 1 is 1.15 bits per heavy atom. The Labute approximate surface area is 158 Å². The van der Waals surface area contributed by atoms with E-state index in [2.05, 4.69) is 4.98 Å². The molecule has 5 nitrogen and oxygen atoms in total. The molecule has 134 valence electrons. The molecule has 1 N–H and O–H groups in total. The number of anilines is 1. The van der Waals surface area contributed by atoms with Crippen LogP contribution in [0.3, 0.4) is 0 Å². The van der Waals surface area contributed by atoms with Gasteiger partial charge in [0.15, 0.2) is 5.76 Å². The zero-order valence-electron chi connectivity index (χ0n) is 13.9. The van der Waals surface area contributed by atoms with E-state index >= 15 is 0 Å². The maximum atomic E-state index is 13.8. The number of pyridine rings is 1. The molecular weight excluding hydrogens is 367 g/mol. The predicted octanol–water partition coefficient (Wildman–Crippen LogP) is 4.07. The normalized spacial score (nSPS) is 16.9. The molecule has 7 heteroatoms. The summed E-state index contributed by atoms with van der Waals surface area (Å²) in [7, 11) is 0. The van der Waals surface area contributed by atoms with Crippen molar-refractivity contribution >= 4 is 28.7 Å². The van der Waals surface area contributed by atoms with Crippen LogP contribution in [-0.4, -0.2) is 21.8 Å². The Balaban J connectivity index is 1.89. The summed E-state index contributed by atoms with van der Waals surface area (Å²) in [5.41, 5.74) is 0.570. The summed E-state index contributed by atoms with van der Waals surface area (Å²) < 4.78 is 13.8. The molecule has 0 aliphatic carbocycles. The van der Waals surface area contributed by atoms with Crippen LogP contribution in [0.2, 0.25) is 0 Å². The Morgan fingerprint density at radius 3 is 2.67 bits per heavy atom. The van der Waals surface area contributed by atoms with Crippen LogP contribution in [-0.2, 0) is 4.79 Å². The summed E-state index contributed by atoms with van der Waals surface area (Å²) in [4.78, 5) is 31.7. The highest BCUT2D eigenvalue weighted by Gasteiger charge is 2.45. The number of halogens is 1. The molecule has 1 amide bonds. The first kappa shape index (κ1) is 17.1. The smallest absolute Gasteiger partial charge is 0.294 e. The van der Waals surface area contributed by atoms with Crippen LogP contribution < -0.4 is 4.90 Å². The zero-order valence-corrected chi connectivity index (χ0v) is 14.7. The molecule has 1 unspecified atom stereocenters. The first-order valence-corrected chi connectivity index (χ1v) is 8.97. The van der Waals surface area contributed by atoms with E-state index < -0.39 is 29.3 Å². The third-order valence-corrected chi connectivity index (χ3v) is 5.12. The third kappa shape index (κ3) is 2.92. The molecule has 1 aliphatic heterocycles. The highest BCUT2D eigenvalue weighted by Crippen LogP contribution is 2.41. The molecular formula is C20H13FN2O3S. The van der Waals surface area contributed by atoms with E-state index in [-0.39, 0.29) is 11.3 Å². The number of amides is 1. The van der Waals surface area contributed by atoms with E-state index in [1.165, 1.54) is 40.6 Å². The highest BCUT2D eigenvalue weighted by atomic mass is 32.1. The average molecular weight is 380 g/mol. The van der Waals surface area contributed by atoms with Crippen molar-refractivity contribution in [2.24, 2.45) is 0 Å². The number of aliphatic hydroxyl groups excluding tert-OH is 1. The SMILES string of the molecule is O=C(C1=C(O)C(=O)N(c2cccc(F)c2)C1c1ccccn1)c1cccs1. The van der Waals surface area contributed by atoms with Gasteiger partial charge in [0, 0.05) is 11.9 Å². The number of benzene rings is 1. The number of nitrogens with zero attached hydrogens (tertiary/aromatic N) is 2. The molecule has 0 radical (unpaired) electrons. The van der Waals surface area contributed by atoms with Gasteiger partial charge in [-0.1, -0.05) is 18.2 Å². The van der Waals surface area contributed by atoms with Gasteiger partial charge in [0.2, 0.25) is 5.78 Å². The van der Waals surface area contributed by atoms with Crippen LogP contribution in [0.15, 0.2) is 77.5 Å². The Morgan fingerprint density at radius 2 is 2.00 bits per heavy atom. The second-order valence-corrected chi connectivity index (χ2v) is 6.83. The first-order chi connectivity index (χ1) is 13.1. The second kappa shape index (κ2) is 6.77. The lowest BCUT2D eigenvalue weighted by Gasteiger charge is -2.26. The number of ketones is 1. The molecule has 4 rings (SSSR count). The molecule has 0 spiro atoms. The number of hydrogen-bond donors (Lipinski definition) is 1. The number of carbonyl (C=O) groups is 2. The largest absolute Gasteiger partial charge is 0.503 e. The second-order valence-electron chi connectivity index (χ2n) is 5.88. The molecule has 3 heterocycles. The highest BCUT2D eigenvalue weighted by molar-refractivity contribution is 7.12. The van der Waals surface area contributed by atoms with Gasteiger partial charge in [0.25, 0.3) is 5.91 Å². The van der Waals surface area contributed by atoms with E-state index in [0.29, 0.717) is 10.6 Å². The number of aromatic nitrogens is 1. The Bertz CT molecular complexity index is 1050. The van der Waals surface area contributed by atoms with E-state index in [9.17, 15) is 19.1 Å². The number of thiophene rings is 1. The fourth-order valence-electron chi connectivity index (χ4n) is 3.09. The van der Waals surface area contributed by atoms with E-state index in [4.69, 9.17) is 0 Å². The van der Waals surface area contributed by atoms with Gasteiger partial charge in [-0.15, -0.1) is 11.3 Å². The topological polar surface area (TPSA) is 70.5 Å². The van der Waals surface area contributed by atoms with Gasteiger partial charge in [-0.3, -0.25) is 19.5 Å². The Hall–Kier alpha value is -3.32. The van der Waals surface area contributed by atoms with Crippen molar-refractivity contribution in [3.05, 3.63) is 93.9 Å². The van der Waals surface area contributed by atoms with Crippen LogP contribution >= 0.6 is 11.3 Å². The third-order valence-electron chi connectivity index (χ3n) is 4.25. The number of hydrogen-bond acceptors (Lipinski definition) is 5. The lowest BCUT2D eigenvalue weighted by molar-refractivity contribution is -0.117. The van der Waals surface area contributed by atoms with Crippen molar-refractivity contribution < 1.29 is 19.1 Å². The molecule has 0 saturated carbocycles. The molecule has 2 aromatic heterocycles. The number of Topliss-reactive ketones (excluding diaryl/α,β-unsaturated/α-hetero) is 1. The zero-order chi connectivity index (χ0) is 19.0. The minimum absolute atomic E-state index is 0.0644. The van der Waals surface area contributed by atoms with E-state index in [0.717, 1.165) is 0 Å². The quantitative estimate of drug-likeness (QED) is 0.693. The fourth-order valence-corrected chi connectivity index (χ4v) is 3.77. The minimum atomic E-state index is -0.949. The lowest BCUT2D eigenvalue weighted by atomic mass is 9.98. The van der Waals surface area contributed by atoms with Gasteiger partial charge < -0.3 is 5.11 Å². The summed E-state index contributed by atoms with van der Waals surface area (Å²) in [5, 5.41) is 12.2. The van der Waals surface area contributed by atoms with Crippen LogP contribution in [0.25, 0.3) is 0 Å². The van der Waals surface area contributed by atoms with Gasteiger partial charge in [0.1, 0.15) is 11.9 Å². The number of carbonyl (C=O) groups excluding carboxylic acids is 2. The molecule has 1 aromatic carbocycles. The maximum absolute atomic E-state index is 13.8. The van der Waals surface area contributed by atoms with Crippen molar-refractivity contribution in [2.75, 3.05) is 4.90 Å². The predicted molar refractivity (Wildman–Crippen MR) is 99.2 cm³/mol. The summed E-state index contributed by atoms with van der Waals surface area (Å²) in [6.45, 7) is 0. The molecule has 1 aliphatic rings. The molecule has 3 aromatic rings. The van der Waals surface area contributed by atoms with Crippen molar-refractivity contribution in [1.82, 2.24) is 4.98 Å². The van der Waals surface area contributed by atoms with Gasteiger partial charge in [-0.2, -0.15) is 0 Å². The number of rotatable bonds is 4. The van der Waals surface area contributed by atoms with Crippen LogP contribution in [0.4, 0.5) is 10.1 Å². The van der Waals surface area contributed by atoms with Crippen molar-refractivity contribution in [3.63, 3.8) is 0 Å². The van der Waals surface area contributed by atoms with Crippen molar-refractivity contribution in [3.8, 4) is 0 Å². The summed E-state index contributed by atoms with van der Waals surface area (Å²) >= 11 is 1.21. The van der Waals surface area contributed by atoms with Gasteiger partial charge in [0.05, 0.1) is 16.1 Å². The molecule has 1 atom stereocenters. The Kier molecular flexibility index (Phi) is 4.29. The van der Waals surface area contributed by atoms with Crippen LogP contribution in [0, 0.1) is 5.82 Å².